The zero-order valence-corrected chi connectivity index (χ0v) is 14.0. The molecule has 16 heavy (non-hydrogen) atoms. The number of hydrogen-bond acceptors (Lipinski definition) is 2. The van der Waals surface area contributed by atoms with E-state index in [2.05, 4.69) is 42.7 Å². The van der Waals surface area contributed by atoms with E-state index in [1.165, 1.54) is 0 Å². The van der Waals surface area contributed by atoms with Gasteiger partial charge in [0.2, 0.25) is 0 Å². The van der Waals surface area contributed by atoms with Crippen molar-refractivity contribution in [2.75, 3.05) is 31.6 Å². The van der Waals surface area contributed by atoms with Crippen LogP contribution in [0, 0.1) is 5.92 Å². The smallest absolute Gasteiger partial charge is 0.191 e. The van der Waals surface area contributed by atoms with Crippen LogP contribution in [0.4, 0.5) is 0 Å². The van der Waals surface area contributed by atoms with Crippen LogP contribution in [-0.2, 0) is 0 Å². The number of aliphatic imine (C=N–C) groups is 1. The predicted molar refractivity (Wildman–Crippen MR) is 87.2 cm³/mol. The summed E-state index contributed by atoms with van der Waals surface area (Å²) in [5.74, 6) is 2.80. The third-order valence-corrected chi connectivity index (χ3v) is 2.53. The van der Waals surface area contributed by atoms with E-state index in [0.29, 0.717) is 0 Å². The van der Waals surface area contributed by atoms with Gasteiger partial charge < -0.3 is 10.6 Å². The molecular formula is C11H26IN3S. The SMILES string of the molecule is CCNC(=NCCC(C)C)NCCSC.I. The molecule has 0 spiro atoms. The Morgan fingerprint density at radius 1 is 1.31 bits per heavy atom. The van der Waals surface area contributed by atoms with E-state index in [-0.39, 0.29) is 24.0 Å². The molecule has 0 saturated heterocycles. The molecule has 0 aromatic carbocycles. The number of rotatable bonds is 7. The zero-order chi connectivity index (χ0) is 11.5. The first-order valence-corrected chi connectivity index (χ1v) is 7.11. The number of thioether (sulfide) groups is 1. The molecule has 0 aromatic heterocycles. The van der Waals surface area contributed by atoms with Crippen molar-refractivity contribution >= 4 is 41.7 Å². The van der Waals surface area contributed by atoms with Crippen molar-refractivity contribution < 1.29 is 0 Å². The molecule has 0 aliphatic carbocycles. The normalized spacial score (nSPS) is 11.2. The molecule has 98 valence electrons. The second-order valence-electron chi connectivity index (χ2n) is 3.86. The minimum Gasteiger partial charge on any atom is -0.357 e. The third-order valence-electron chi connectivity index (χ3n) is 1.92. The molecule has 0 heterocycles. The van der Waals surface area contributed by atoms with Crippen molar-refractivity contribution in [2.45, 2.75) is 27.2 Å². The van der Waals surface area contributed by atoms with Gasteiger partial charge in [-0.05, 0) is 25.5 Å². The molecule has 0 rings (SSSR count). The molecule has 0 radical (unpaired) electrons. The second kappa shape index (κ2) is 13.4. The van der Waals surface area contributed by atoms with Gasteiger partial charge in [0, 0.05) is 25.4 Å². The lowest BCUT2D eigenvalue weighted by atomic mass is 10.1. The van der Waals surface area contributed by atoms with Gasteiger partial charge in [-0.25, -0.2) is 0 Å². The number of nitrogens with one attached hydrogen (secondary N) is 2. The van der Waals surface area contributed by atoms with Gasteiger partial charge in [0.05, 0.1) is 0 Å². The summed E-state index contributed by atoms with van der Waals surface area (Å²) in [6, 6.07) is 0. The Bertz CT molecular complexity index is 175. The molecule has 0 aliphatic rings. The Kier molecular flexibility index (Phi) is 15.7. The van der Waals surface area contributed by atoms with Crippen LogP contribution in [0.1, 0.15) is 27.2 Å². The van der Waals surface area contributed by atoms with Gasteiger partial charge >= 0.3 is 0 Å². The fraction of sp³-hybridized carbons (Fsp3) is 0.909. The van der Waals surface area contributed by atoms with Crippen LogP contribution in [-0.4, -0.2) is 37.6 Å². The van der Waals surface area contributed by atoms with E-state index in [4.69, 9.17) is 0 Å². The monoisotopic (exact) mass is 359 g/mol. The van der Waals surface area contributed by atoms with Gasteiger partial charge in [-0.1, -0.05) is 13.8 Å². The first-order chi connectivity index (χ1) is 7.20. The zero-order valence-electron chi connectivity index (χ0n) is 10.9. The Morgan fingerprint density at radius 3 is 2.50 bits per heavy atom. The van der Waals surface area contributed by atoms with Crippen LogP contribution in [0.5, 0.6) is 0 Å². The lowest BCUT2D eigenvalue weighted by Crippen LogP contribution is -2.38. The molecular weight excluding hydrogens is 333 g/mol. The lowest BCUT2D eigenvalue weighted by Gasteiger charge is -2.10. The quantitative estimate of drug-likeness (QED) is 0.318. The fourth-order valence-corrected chi connectivity index (χ4v) is 1.35. The Hall–Kier alpha value is 0.350. The lowest BCUT2D eigenvalue weighted by molar-refractivity contribution is 0.594. The first-order valence-electron chi connectivity index (χ1n) is 5.71. The molecule has 0 amide bonds. The summed E-state index contributed by atoms with van der Waals surface area (Å²) >= 11 is 1.85. The largest absolute Gasteiger partial charge is 0.357 e. The van der Waals surface area contributed by atoms with Gasteiger partial charge in [-0.15, -0.1) is 24.0 Å². The molecule has 0 saturated carbocycles. The van der Waals surface area contributed by atoms with E-state index in [9.17, 15) is 0 Å². The highest BCUT2D eigenvalue weighted by molar-refractivity contribution is 14.0. The van der Waals surface area contributed by atoms with Crippen LogP contribution < -0.4 is 10.6 Å². The summed E-state index contributed by atoms with van der Waals surface area (Å²) in [7, 11) is 0. The molecule has 0 aromatic rings. The standard InChI is InChI=1S/C11H25N3S.HI/c1-5-12-11(14-8-9-15-4)13-7-6-10(2)3;/h10H,5-9H2,1-4H3,(H2,12,13,14);1H. The van der Waals surface area contributed by atoms with Gasteiger partial charge in [0.1, 0.15) is 0 Å². The van der Waals surface area contributed by atoms with Crippen molar-refractivity contribution in [1.82, 2.24) is 10.6 Å². The van der Waals surface area contributed by atoms with Gasteiger partial charge in [-0.2, -0.15) is 11.8 Å². The van der Waals surface area contributed by atoms with Gasteiger partial charge in [0.25, 0.3) is 0 Å². The maximum absolute atomic E-state index is 4.51. The molecule has 0 aliphatic heterocycles. The number of nitrogens with zero attached hydrogens (tertiary/aromatic N) is 1. The van der Waals surface area contributed by atoms with Crippen molar-refractivity contribution in [3.05, 3.63) is 0 Å². The number of guanidine groups is 1. The van der Waals surface area contributed by atoms with Crippen LogP contribution in [0.3, 0.4) is 0 Å². The predicted octanol–water partition coefficient (Wildman–Crippen LogP) is 2.57. The molecule has 2 N–H and O–H groups in total. The molecule has 0 fully saturated rings. The van der Waals surface area contributed by atoms with E-state index in [0.717, 1.165) is 43.7 Å². The number of halogens is 1. The van der Waals surface area contributed by atoms with E-state index >= 15 is 0 Å². The second-order valence-corrected chi connectivity index (χ2v) is 4.85. The van der Waals surface area contributed by atoms with Crippen molar-refractivity contribution in [2.24, 2.45) is 10.9 Å². The molecule has 5 heteroatoms. The minimum atomic E-state index is 0. The summed E-state index contributed by atoms with van der Waals surface area (Å²) in [6.45, 7) is 9.36. The average molecular weight is 359 g/mol. The van der Waals surface area contributed by atoms with E-state index < -0.39 is 0 Å². The Morgan fingerprint density at radius 2 is 2.00 bits per heavy atom. The van der Waals surface area contributed by atoms with E-state index in [1.807, 2.05) is 11.8 Å². The highest BCUT2D eigenvalue weighted by atomic mass is 127. The van der Waals surface area contributed by atoms with Crippen LogP contribution in [0.15, 0.2) is 4.99 Å². The van der Waals surface area contributed by atoms with E-state index in [1.54, 1.807) is 0 Å². The summed E-state index contributed by atoms with van der Waals surface area (Å²) in [5.41, 5.74) is 0. The molecule has 0 bridgehead atoms. The topological polar surface area (TPSA) is 36.4 Å². The molecule has 0 unspecified atom stereocenters. The summed E-state index contributed by atoms with van der Waals surface area (Å²) in [6.07, 6.45) is 3.27. The highest BCUT2D eigenvalue weighted by Crippen LogP contribution is 1.98. The Labute approximate surface area is 122 Å². The maximum atomic E-state index is 4.51. The Balaban J connectivity index is 0. The van der Waals surface area contributed by atoms with Gasteiger partial charge in [0.15, 0.2) is 5.96 Å². The van der Waals surface area contributed by atoms with Crippen molar-refractivity contribution in [1.29, 1.82) is 0 Å². The summed E-state index contributed by atoms with van der Waals surface area (Å²) < 4.78 is 0. The maximum Gasteiger partial charge on any atom is 0.191 e. The van der Waals surface area contributed by atoms with Crippen molar-refractivity contribution in [3.8, 4) is 0 Å². The minimum absolute atomic E-state index is 0. The van der Waals surface area contributed by atoms with Crippen LogP contribution >= 0.6 is 35.7 Å². The molecule has 0 atom stereocenters. The van der Waals surface area contributed by atoms with Gasteiger partial charge in [-0.3, -0.25) is 4.99 Å². The molecule has 3 nitrogen and oxygen atoms in total. The summed E-state index contributed by atoms with van der Waals surface area (Å²) in [5, 5.41) is 6.56. The first kappa shape index (κ1) is 18.7. The fourth-order valence-electron chi connectivity index (χ4n) is 1.05. The average Bonchev–Trinajstić information content (AvgIpc) is 2.17. The number of hydrogen-bond donors (Lipinski definition) is 2. The van der Waals surface area contributed by atoms with Crippen molar-refractivity contribution in [3.63, 3.8) is 0 Å². The summed E-state index contributed by atoms with van der Waals surface area (Å²) in [4.78, 5) is 4.51. The highest BCUT2D eigenvalue weighted by Gasteiger charge is 1.96. The van der Waals surface area contributed by atoms with Crippen LogP contribution in [0.2, 0.25) is 0 Å². The third kappa shape index (κ3) is 12.4. The van der Waals surface area contributed by atoms with Crippen LogP contribution in [0.25, 0.3) is 0 Å².